The first-order valence-electron chi connectivity index (χ1n) is 11.4. The monoisotopic (exact) mass is 451 g/mol. The lowest BCUT2D eigenvalue weighted by atomic mass is 9.49. The predicted octanol–water partition coefficient (Wildman–Crippen LogP) is 5.26. The lowest BCUT2D eigenvalue weighted by molar-refractivity contribution is -0.127. The predicted molar refractivity (Wildman–Crippen MR) is 127 cm³/mol. The van der Waals surface area contributed by atoms with E-state index in [0.29, 0.717) is 12.1 Å². The van der Waals surface area contributed by atoms with Gasteiger partial charge in [0.05, 0.1) is 6.26 Å². The fraction of sp³-hybridized carbons (Fsp3) is 0.480. The van der Waals surface area contributed by atoms with Gasteiger partial charge in [-0.05, 0) is 111 Å². The fourth-order valence-corrected chi connectivity index (χ4v) is 6.83. The van der Waals surface area contributed by atoms with E-state index in [0.717, 1.165) is 29.0 Å². The molecule has 0 aliphatic heterocycles. The van der Waals surface area contributed by atoms with Crippen LogP contribution >= 0.6 is 12.2 Å². The Bertz CT molecular complexity index is 1010. The van der Waals surface area contributed by atoms with Crippen molar-refractivity contribution >= 4 is 40.5 Å². The molecule has 0 spiro atoms. The van der Waals surface area contributed by atoms with Gasteiger partial charge in [-0.1, -0.05) is 6.07 Å². The SMILES string of the molecule is Cc1ccc(NC(=O)c2ccco2)cc1NC(=S)NC(=O)CC12CC3CC(CC(C3)C1)C2. The molecule has 0 atom stereocenters. The molecule has 4 aliphatic rings. The Morgan fingerprint density at radius 2 is 1.75 bits per heavy atom. The molecule has 0 saturated heterocycles. The number of amides is 2. The van der Waals surface area contributed by atoms with Crippen LogP contribution in [0.4, 0.5) is 11.4 Å². The molecule has 3 N–H and O–H groups in total. The third-order valence-electron chi connectivity index (χ3n) is 7.44. The van der Waals surface area contributed by atoms with Crippen LogP contribution in [-0.2, 0) is 4.79 Å². The zero-order valence-corrected chi connectivity index (χ0v) is 19.1. The first kappa shape index (κ1) is 21.2. The number of carbonyl (C=O) groups excluding carboxylic acids is 2. The van der Waals surface area contributed by atoms with Crippen LogP contribution in [0.25, 0.3) is 0 Å². The highest BCUT2D eigenvalue weighted by atomic mass is 32.1. The molecule has 2 amide bonds. The van der Waals surface area contributed by atoms with Crippen LogP contribution in [-0.4, -0.2) is 16.9 Å². The van der Waals surface area contributed by atoms with Gasteiger partial charge >= 0.3 is 0 Å². The number of furan rings is 1. The van der Waals surface area contributed by atoms with Crippen molar-refractivity contribution in [3.63, 3.8) is 0 Å². The second-order valence-electron chi connectivity index (χ2n) is 10.1. The van der Waals surface area contributed by atoms with Gasteiger partial charge in [-0.3, -0.25) is 9.59 Å². The van der Waals surface area contributed by atoms with E-state index in [4.69, 9.17) is 16.6 Å². The van der Waals surface area contributed by atoms with Gasteiger partial charge in [0.1, 0.15) is 0 Å². The molecule has 6 nitrogen and oxygen atoms in total. The van der Waals surface area contributed by atoms with E-state index in [2.05, 4.69) is 16.0 Å². The summed E-state index contributed by atoms with van der Waals surface area (Å²) >= 11 is 5.43. The molecule has 1 aromatic carbocycles. The summed E-state index contributed by atoms with van der Waals surface area (Å²) in [7, 11) is 0. The van der Waals surface area contributed by atoms with Crippen molar-refractivity contribution in [2.75, 3.05) is 10.6 Å². The molecule has 32 heavy (non-hydrogen) atoms. The van der Waals surface area contributed by atoms with E-state index in [1.54, 1.807) is 18.2 Å². The van der Waals surface area contributed by atoms with Crippen LogP contribution in [0.1, 0.15) is 61.1 Å². The number of benzene rings is 1. The number of carbonyl (C=O) groups is 2. The van der Waals surface area contributed by atoms with Crippen molar-refractivity contribution < 1.29 is 14.0 Å². The van der Waals surface area contributed by atoms with Gasteiger partial charge in [0, 0.05) is 17.8 Å². The van der Waals surface area contributed by atoms with E-state index in [-0.39, 0.29) is 28.1 Å². The van der Waals surface area contributed by atoms with Crippen LogP contribution < -0.4 is 16.0 Å². The first-order chi connectivity index (χ1) is 15.4. The molecule has 1 aromatic heterocycles. The first-order valence-corrected chi connectivity index (χ1v) is 11.8. The standard InChI is InChI=1S/C25H29N3O3S/c1-15-4-5-19(26-23(30)21-3-2-6-31-21)10-20(15)27-24(32)28-22(29)14-25-11-16-7-17(12-25)9-18(8-16)13-25/h2-6,10,16-18H,7-9,11-14H2,1H3,(H,26,30)(H2,27,28,29,32). The maximum atomic E-state index is 12.9. The van der Waals surface area contributed by atoms with E-state index in [1.807, 2.05) is 19.1 Å². The van der Waals surface area contributed by atoms with Crippen molar-refractivity contribution in [2.24, 2.45) is 23.2 Å². The molecule has 1 heterocycles. The summed E-state index contributed by atoms with van der Waals surface area (Å²) in [6, 6.07) is 8.78. The van der Waals surface area contributed by atoms with Crippen molar-refractivity contribution in [3.05, 3.63) is 47.9 Å². The van der Waals surface area contributed by atoms with Gasteiger partial charge in [-0.15, -0.1) is 0 Å². The molecule has 4 saturated carbocycles. The van der Waals surface area contributed by atoms with Crippen LogP contribution in [0.5, 0.6) is 0 Å². The maximum absolute atomic E-state index is 12.9. The molecule has 4 fully saturated rings. The maximum Gasteiger partial charge on any atom is 0.291 e. The summed E-state index contributed by atoms with van der Waals surface area (Å²) in [5.41, 5.74) is 2.49. The zero-order valence-electron chi connectivity index (χ0n) is 18.3. The minimum absolute atomic E-state index is 0.00406. The second kappa shape index (κ2) is 8.35. The number of anilines is 2. The highest BCUT2D eigenvalue weighted by molar-refractivity contribution is 7.80. The number of hydrogen-bond donors (Lipinski definition) is 3. The Kier molecular flexibility index (Phi) is 5.53. The topological polar surface area (TPSA) is 83.4 Å². The third kappa shape index (κ3) is 4.44. The molecular weight excluding hydrogens is 422 g/mol. The third-order valence-corrected chi connectivity index (χ3v) is 7.65. The smallest absolute Gasteiger partial charge is 0.291 e. The van der Waals surface area contributed by atoms with E-state index in [1.165, 1.54) is 44.8 Å². The van der Waals surface area contributed by atoms with Crippen molar-refractivity contribution in [2.45, 2.75) is 51.9 Å². The van der Waals surface area contributed by atoms with Crippen molar-refractivity contribution in [3.8, 4) is 0 Å². The van der Waals surface area contributed by atoms with Crippen LogP contribution in [0.3, 0.4) is 0 Å². The number of hydrogen-bond acceptors (Lipinski definition) is 4. The average Bonchev–Trinajstić information content (AvgIpc) is 3.24. The molecule has 2 aromatic rings. The summed E-state index contributed by atoms with van der Waals surface area (Å²) in [5.74, 6) is 2.39. The Morgan fingerprint density at radius 3 is 2.38 bits per heavy atom. The Labute approximate surface area is 193 Å². The van der Waals surface area contributed by atoms with Gasteiger partial charge < -0.3 is 20.4 Å². The molecule has 6 rings (SSSR count). The van der Waals surface area contributed by atoms with Gasteiger partial charge in [0.15, 0.2) is 10.9 Å². The van der Waals surface area contributed by atoms with Crippen LogP contribution in [0.2, 0.25) is 0 Å². The lowest BCUT2D eigenvalue weighted by Gasteiger charge is -2.56. The van der Waals surface area contributed by atoms with E-state index >= 15 is 0 Å². The molecule has 4 aliphatic carbocycles. The van der Waals surface area contributed by atoms with E-state index in [9.17, 15) is 9.59 Å². The molecule has 0 radical (unpaired) electrons. The van der Waals surface area contributed by atoms with Gasteiger partial charge in [0.2, 0.25) is 5.91 Å². The summed E-state index contributed by atoms with van der Waals surface area (Å²) < 4.78 is 5.13. The van der Waals surface area contributed by atoms with Gasteiger partial charge in [-0.2, -0.15) is 0 Å². The van der Waals surface area contributed by atoms with Crippen LogP contribution in [0, 0.1) is 30.1 Å². The summed E-state index contributed by atoms with van der Waals surface area (Å²) in [6.45, 7) is 1.94. The fourth-order valence-electron chi connectivity index (χ4n) is 6.61. The van der Waals surface area contributed by atoms with Gasteiger partial charge in [-0.25, -0.2) is 0 Å². The Morgan fingerprint density at radius 1 is 1.06 bits per heavy atom. The Hall–Kier alpha value is -2.67. The van der Waals surface area contributed by atoms with Crippen molar-refractivity contribution in [1.82, 2.24) is 5.32 Å². The molecule has 7 heteroatoms. The minimum Gasteiger partial charge on any atom is -0.459 e. The number of thiocarbonyl (C=S) groups is 1. The number of rotatable bonds is 5. The van der Waals surface area contributed by atoms with E-state index < -0.39 is 0 Å². The highest BCUT2D eigenvalue weighted by Crippen LogP contribution is 2.61. The highest BCUT2D eigenvalue weighted by Gasteiger charge is 2.51. The molecule has 4 bridgehead atoms. The Balaban J connectivity index is 1.19. The minimum atomic E-state index is -0.323. The normalized spacial score (nSPS) is 27.7. The molecule has 0 unspecified atom stereocenters. The number of nitrogens with one attached hydrogen (secondary N) is 3. The average molecular weight is 452 g/mol. The second-order valence-corrected chi connectivity index (χ2v) is 10.5. The van der Waals surface area contributed by atoms with Crippen molar-refractivity contribution in [1.29, 1.82) is 0 Å². The quantitative estimate of drug-likeness (QED) is 0.540. The lowest BCUT2D eigenvalue weighted by Crippen LogP contribution is -2.48. The van der Waals surface area contributed by atoms with Crippen LogP contribution in [0.15, 0.2) is 41.0 Å². The largest absolute Gasteiger partial charge is 0.459 e. The summed E-state index contributed by atoms with van der Waals surface area (Å²) in [5, 5.41) is 9.11. The summed E-state index contributed by atoms with van der Waals surface area (Å²) in [4.78, 5) is 25.1. The summed E-state index contributed by atoms with van der Waals surface area (Å²) in [6.07, 6.45) is 9.72. The molecule has 168 valence electrons. The zero-order chi connectivity index (χ0) is 22.3. The van der Waals surface area contributed by atoms with Gasteiger partial charge in [0.25, 0.3) is 5.91 Å². The number of aryl methyl sites for hydroxylation is 1. The molecular formula is C25H29N3O3S.